The zero-order valence-corrected chi connectivity index (χ0v) is 11.0. The zero-order valence-electron chi connectivity index (χ0n) is 10.2. The second kappa shape index (κ2) is 5.58. The summed E-state index contributed by atoms with van der Waals surface area (Å²) in [4.78, 5) is 4.34. The second-order valence-electron chi connectivity index (χ2n) is 4.65. The van der Waals surface area contributed by atoms with E-state index in [0.717, 1.165) is 24.4 Å². The number of nitrogens with zero attached hydrogens (tertiary/aromatic N) is 1. The number of hydrogen-bond donors (Lipinski definition) is 1. The molecule has 1 saturated carbocycles. The smallest absolute Gasteiger partial charge is 0.169 e. The molecule has 0 aromatic carbocycles. The highest BCUT2D eigenvalue weighted by molar-refractivity contribution is 6.18. The Kier molecular flexibility index (Phi) is 4.11. The average Bonchev–Trinajstić information content (AvgIpc) is 2.40. The molecule has 0 spiro atoms. The van der Waals surface area contributed by atoms with E-state index in [-0.39, 0.29) is 5.54 Å². The topological polar surface area (TPSA) is 34.1 Å². The first kappa shape index (κ1) is 12.5. The molecule has 1 aliphatic carbocycles. The van der Waals surface area contributed by atoms with Crippen LogP contribution in [0.25, 0.3) is 0 Å². The zero-order chi connectivity index (χ0) is 12.1. The predicted octanol–water partition coefficient (Wildman–Crippen LogP) is 3.44. The molecule has 1 aromatic heterocycles. The van der Waals surface area contributed by atoms with E-state index >= 15 is 0 Å². The Morgan fingerprint density at radius 2 is 2.18 bits per heavy atom. The third kappa shape index (κ3) is 2.83. The van der Waals surface area contributed by atoms with E-state index in [9.17, 15) is 0 Å². The van der Waals surface area contributed by atoms with Crippen molar-refractivity contribution >= 4 is 17.4 Å². The number of methoxy groups -OCH3 is 1. The Balaban J connectivity index is 2.17. The maximum absolute atomic E-state index is 6.15. The normalized spacial score (nSPS) is 18.7. The van der Waals surface area contributed by atoms with Gasteiger partial charge in [-0.1, -0.05) is 19.3 Å². The summed E-state index contributed by atoms with van der Waals surface area (Å²) in [6, 6.07) is 3.79. The summed E-state index contributed by atoms with van der Waals surface area (Å²) in [7, 11) is 1.66. The van der Waals surface area contributed by atoms with Crippen molar-refractivity contribution in [1.82, 2.24) is 4.98 Å². The van der Waals surface area contributed by atoms with E-state index in [0.29, 0.717) is 5.88 Å². The summed E-state index contributed by atoms with van der Waals surface area (Å²) in [5.74, 6) is 2.20. The number of aromatic nitrogens is 1. The molecule has 2 rings (SSSR count). The molecule has 0 unspecified atom stereocenters. The van der Waals surface area contributed by atoms with E-state index in [1.165, 1.54) is 19.3 Å². The molecule has 4 heteroatoms. The lowest BCUT2D eigenvalue weighted by Crippen LogP contribution is -2.42. The van der Waals surface area contributed by atoms with Crippen LogP contribution in [0.3, 0.4) is 0 Å². The van der Waals surface area contributed by atoms with Crippen molar-refractivity contribution in [3.8, 4) is 5.75 Å². The molecule has 1 N–H and O–H groups in total. The van der Waals surface area contributed by atoms with Crippen LogP contribution in [0.15, 0.2) is 18.3 Å². The van der Waals surface area contributed by atoms with Gasteiger partial charge in [0, 0.05) is 12.1 Å². The lowest BCUT2D eigenvalue weighted by Gasteiger charge is -2.37. The van der Waals surface area contributed by atoms with Gasteiger partial charge in [-0.3, -0.25) is 0 Å². The Morgan fingerprint density at radius 3 is 2.82 bits per heavy atom. The van der Waals surface area contributed by atoms with Crippen LogP contribution in [0.5, 0.6) is 5.75 Å². The van der Waals surface area contributed by atoms with Crippen LogP contribution in [0.1, 0.15) is 32.1 Å². The standard InChI is InChI=1S/C13H19ClN2O/c1-17-11-6-5-9-15-12(11)16-13(10-14)7-3-2-4-8-13/h5-6,9H,2-4,7-8,10H2,1H3,(H,15,16). The summed E-state index contributed by atoms with van der Waals surface area (Å²) in [5, 5.41) is 3.50. The van der Waals surface area contributed by atoms with Crippen LogP contribution in [-0.4, -0.2) is 23.5 Å². The van der Waals surface area contributed by atoms with Crippen LogP contribution in [0.4, 0.5) is 5.82 Å². The quantitative estimate of drug-likeness (QED) is 0.836. The highest BCUT2D eigenvalue weighted by Gasteiger charge is 2.32. The number of anilines is 1. The van der Waals surface area contributed by atoms with Gasteiger partial charge in [-0.15, -0.1) is 11.6 Å². The molecule has 3 nitrogen and oxygen atoms in total. The number of nitrogens with one attached hydrogen (secondary N) is 1. The van der Waals surface area contributed by atoms with Gasteiger partial charge in [0.05, 0.1) is 12.6 Å². The molecule has 1 fully saturated rings. The SMILES string of the molecule is COc1cccnc1NC1(CCl)CCCCC1. The summed E-state index contributed by atoms with van der Waals surface area (Å²) in [5.41, 5.74) is -0.0125. The Hall–Kier alpha value is -0.960. The molecule has 0 radical (unpaired) electrons. The van der Waals surface area contributed by atoms with Gasteiger partial charge in [0.1, 0.15) is 0 Å². The third-order valence-corrected chi connectivity index (χ3v) is 3.95. The van der Waals surface area contributed by atoms with Gasteiger partial charge >= 0.3 is 0 Å². The van der Waals surface area contributed by atoms with Crippen LogP contribution in [0, 0.1) is 0 Å². The van der Waals surface area contributed by atoms with Crippen molar-refractivity contribution in [2.45, 2.75) is 37.6 Å². The first-order valence-electron chi connectivity index (χ1n) is 6.13. The lowest BCUT2D eigenvalue weighted by atomic mass is 9.83. The summed E-state index contributed by atoms with van der Waals surface area (Å²) in [6.07, 6.45) is 7.76. The highest BCUT2D eigenvalue weighted by atomic mass is 35.5. The number of rotatable bonds is 4. The van der Waals surface area contributed by atoms with Gasteiger partial charge in [-0.05, 0) is 25.0 Å². The Bertz CT molecular complexity index is 364. The first-order chi connectivity index (χ1) is 8.29. The number of ether oxygens (including phenoxy) is 1. The van der Waals surface area contributed by atoms with Gasteiger partial charge < -0.3 is 10.1 Å². The van der Waals surface area contributed by atoms with Gasteiger partial charge in [0.2, 0.25) is 0 Å². The van der Waals surface area contributed by atoms with Crippen LogP contribution in [0.2, 0.25) is 0 Å². The Morgan fingerprint density at radius 1 is 1.41 bits per heavy atom. The minimum Gasteiger partial charge on any atom is -0.493 e. The van der Waals surface area contributed by atoms with E-state index in [1.54, 1.807) is 13.3 Å². The van der Waals surface area contributed by atoms with E-state index in [1.807, 2.05) is 12.1 Å². The Labute approximate surface area is 108 Å². The van der Waals surface area contributed by atoms with Crippen LogP contribution < -0.4 is 10.1 Å². The largest absolute Gasteiger partial charge is 0.493 e. The van der Waals surface area contributed by atoms with Crippen molar-refractivity contribution in [2.24, 2.45) is 0 Å². The van der Waals surface area contributed by atoms with Crippen molar-refractivity contribution in [3.05, 3.63) is 18.3 Å². The van der Waals surface area contributed by atoms with Gasteiger partial charge in [0.15, 0.2) is 11.6 Å². The molecule has 0 saturated heterocycles. The van der Waals surface area contributed by atoms with E-state index in [4.69, 9.17) is 16.3 Å². The van der Waals surface area contributed by atoms with Crippen LogP contribution in [-0.2, 0) is 0 Å². The molecule has 0 amide bonds. The molecule has 0 aliphatic heterocycles. The van der Waals surface area contributed by atoms with Gasteiger partial charge in [-0.25, -0.2) is 4.98 Å². The van der Waals surface area contributed by atoms with Crippen molar-refractivity contribution < 1.29 is 4.74 Å². The van der Waals surface area contributed by atoms with E-state index < -0.39 is 0 Å². The molecular weight excluding hydrogens is 236 g/mol. The number of pyridine rings is 1. The van der Waals surface area contributed by atoms with E-state index in [2.05, 4.69) is 10.3 Å². The predicted molar refractivity (Wildman–Crippen MR) is 70.9 cm³/mol. The fourth-order valence-corrected chi connectivity index (χ4v) is 2.75. The van der Waals surface area contributed by atoms with Crippen molar-refractivity contribution in [2.75, 3.05) is 18.3 Å². The lowest BCUT2D eigenvalue weighted by molar-refractivity contribution is 0.349. The number of hydrogen-bond acceptors (Lipinski definition) is 3. The maximum Gasteiger partial charge on any atom is 0.169 e. The number of halogens is 1. The van der Waals surface area contributed by atoms with Gasteiger partial charge in [0.25, 0.3) is 0 Å². The summed E-state index contributed by atoms with van der Waals surface area (Å²) in [6.45, 7) is 0. The maximum atomic E-state index is 6.15. The third-order valence-electron chi connectivity index (χ3n) is 3.44. The van der Waals surface area contributed by atoms with Crippen molar-refractivity contribution in [3.63, 3.8) is 0 Å². The molecule has 0 atom stereocenters. The summed E-state index contributed by atoms with van der Waals surface area (Å²) >= 11 is 6.15. The fraction of sp³-hybridized carbons (Fsp3) is 0.615. The number of alkyl halides is 1. The van der Waals surface area contributed by atoms with Gasteiger partial charge in [-0.2, -0.15) is 0 Å². The van der Waals surface area contributed by atoms with Crippen molar-refractivity contribution in [1.29, 1.82) is 0 Å². The fourth-order valence-electron chi connectivity index (χ4n) is 2.42. The molecule has 1 aromatic rings. The van der Waals surface area contributed by atoms with Crippen LogP contribution >= 0.6 is 11.6 Å². The average molecular weight is 255 g/mol. The minimum absolute atomic E-state index is 0.0125. The molecule has 1 heterocycles. The molecular formula is C13H19ClN2O. The highest BCUT2D eigenvalue weighted by Crippen LogP contribution is 2.34. The minimum atomic E-state index is -0.0125. The molecule has 0 bridgehead atoms. The molecule has 17 heavy (non-hydrogen) atoms. The first-order valence-corrected chi connectivity index (χ1v) is 6.66. The molecule has 94 valence electrons. The summed E-state index contributed by atoms with van der Waals surface area (Å²) < 4.78 is 5.31. The molecule has 1 aliphatic rings. The monoisotopic (exact) mass is 254 g/mol. The second-order valence-corrected chi connectivity index (χ2v) is 4.92.